The van der Waals surface area contributed by atoms with Gasteiger partial charge >= 0.3 is 0 Å². The molecule has 2 rings (SSSR count). The largest absolute Gasteiger partial charge is 0.398 e. The summed E-state index contributed by atoms with van der Waals surface area (Å²) in [5.74, 6) is 0. The Balaban J connectivity index is 2.68. The number of methoxy groups -OCH3 is 1. The van der Waals surface area contributed by atoms with E-state index in [2.05, 4.69) is 0 Å². The van der Waals surface area contributed by atoms with Gasteiger partial charge < -0.3 is 10.5 Å². The van der Waals surface area contributed by atoms with Gasteiger partial charge in [0.15, 0.2) is 0 Å². The summed E-state index contributed by atoms with van der Waals surface area (Å²) in [4.78, 5) is 0.206. The summed E-state index contributed by atoms with van der Waals surface area (Å²) in [5.41, 5.74) is 7.24. The molecule has 4 nitrogen and oxygen atoms in total. The van der Waals surface area contributed by atoms with Crippen LogP contribution in [0.4, 0.5) is 5.69 Å². The van der Waals surface area contributed by atoms with Crippen LogP contribution in [0.5, 0.6) is 0 Å². The molecule has 0 amide bonds. The van der Waals surface area contributed by atoms with Crippen LogP contribution in [0.15, 0.2) is 28.5 Å². The molecule has 0 saturated carbocycles. The van der Waals surface area contributed by atoms with Crippen LogP contribution in [0.1, 0.15) is 5.56 Å². The van der Waals surface area contributed by atoms with Gasteiger partial charge in [-0.15, -0.1) is 0 Å². The van der Waals surface area contributed by atoms with E-state index in [-0.39, 0.29) is 17.2 Å². The lowest BCUT2D eigenvalue weighted by Crippen LogP contribution is -1.99. The number of rotatable bonds is 2. The molecular weight excluding hydrogens is 214 g/mol. The summed E-state index contributed by atoms with van der Waals surface area (Å²) < 4.78 is 28.4. The Morgan fingerprint density at radius 2 is 2.13 bits per heavy atom. The molecule has 1 aliphatic heterocycles. The molecule has 15 heavy (non-hydrogen) atoms. The van der Waals surface area contributed by atoms with Crippen molar-refractivity contribution in [1.29, 1.82) is 0 Å². The molecule has 0 aromatic heterocycles. The van der Waals surface area contributed by atoms with Gasteiger partial charge in [-0.25, -0.2) is 8.42 Å². The molecule has 0 unspecified atom stereocenters. The minimum Gasteiger partial charge on any atom is -0.398 e. The highest BCUT2D eigenvalue weighted by Gasteiger charge is 2.28. The van der Waals surface area contributed by atoms with Gasteiger partial charge in [0.1, 0.15) is 4.90 Å². The summed E-state index contributed by atoms with van der Waals surface area (Å²) >= 11 is 0. The molecular formula is C10H11NO3S. The van der Waals surface area contributed by atoms with Crippen LogP contribution in [0.2, 0.25) is 0 Å². The van der Waals surface area contributed by atoms with E-state index in [0.29, 0.717) is 11.1 Å². The smallest absolute Gasteiger partial charge is 0.202 e. The number of sulfone groups is 1. The molecule has 0 bridgehead atoms. The lowest BCUT2D eigenvalue weighted by Gasteiger charge is -2.04. The van der Waals surface area contributed by atoms with Crippen LogP contribution in [0, 0.1) is 0 Å². The first kappa shape index (κ1) is 10.2. The van der Waals surface area contributed by atoms with Crippen molar-refractivity contribution in [3.05, 3.63) is 29.2 Å². The molecule has 5 heteroatoms. The Morgan fingerprint density at radius 1 is 1.40 bits per heavy atom. The maximum absolute atomic E-state index is 11.7. The van der Waals surface area contributed by atoms with Crippen LogP contribution in [-0.2, 0) is 14.6 Å². The van der Waals surface area contributed by atoms with Crippen molar-refractivity contribution < 1.29 is 13.2 Å². The van der Waals surface area contributed by atoms with E-state index in [1.807, 2.05) is 0 Å². The average molecular weight is 225 g/mol. The number of hydrogen-bond donors (Lipinski definition) is 1. The second-order valence-corrected chi connectivity index (χ2v) is 5.08. The number of benzene rings is 1. The van der Waals surface area contributed by atoms with Crippen LogP contribution in [-0.4, -0.2) is 22.1 Å². The molecule has 0 atom stereocenters. The van der Waals surface area contributed by atoms with Crippen molar-refractivity contribution in [2.45, 2.75) is 4.90 Å². The van der Waals surface area contributed by atoms with Crippen molar-refractivity contribution in [2.75, 3.05) is 19.5 Å². The van der Waals surface area contributed by atoms with Gasteiger partial charge in [-0.2, -0.15) is 0 Å². The highest BCUT2D eigenvalue weighted by atomic mass is 32.2. The van der Waals surface area contributed by atoms with E-state index in [0.717, 1.165) is 0 Å². The summed E-state index contributed by atoms with van der Waals surface area (Å²) in [6.07, 6.45) is 0. The van der Waals surface area contributed by atoms with E-state index in [1.54, 1.807) is 18.2 Å². The fourth-order valence-electron chi connectivity index (χ4n) is 1.70. The summed E-state index contributed by atoms with van der Waals surface area (Å²) in [7, 11) is -1.85. The van der Waals surface area contributed by atoms with Crippen LogP contribution in [0.25, 0.3) is 5.57 Å². The minimum absolute atomic E-state index is 0.206. The van der Waals surface area contributed by atoms with Gasteiger partial charge in [0, 0.05) is 18.1 Å². The summed E-state index contributed by atoms with van der Waals surface area (Å²) in [6, 6.07) is 5.06. The predicted octanol–water partition coefficient (Wildman–Crippen LogP) is 1.04. The van der Waals surface area contributed by atoms with Crippen molar-refractivity contribution >= 4 is 21.1 Å². The standard InChI is InChI=1S/C10H11NO3S/c1-14-5-7-6-15(12,13)10-8(7)3-2-4-9(10)11/h2-4,6H,5,11H2,1H3. The van der Waals surface area contributed by atoms with Crippen molar-refractivity contribution in [3.8, 4) is 0 Å². The third-order valence-corrected chi connectivity index (χ3v) is 3.89. The maximum atomic E-state index is 11.7. The van der Waals surface area contributed by atoms with Gasteiger partial charge in [-0.3, -0.25) is 0 Å². The first-order chi connectivity index (χ1) is 7.06. The zero-order valence-corrected chi connectivity index (χ0v) is 9.04. The Kier molecular flexibility index (Phi) is 2.28. The first-order valence-corrected chi connectivity index (χ1v) is 5.94. The second kappa shape index (κ2) is 3.36. The van der Waals surface area contributed by atoms with Gasteiger partial charge in [-0.05, 0) is 11.6 Å². The number of nitrogen functional groups attached to an aromatic ring is 1. The summed E-state index contributed by atoms with van der Waals surface area (Å²) in [6.45, 7) is 0.273. The molecule has 1 aromatic carbocycles. The SMILES string of the molecule is COCC1=CS(=O)(=O)c2c(N)cccc21. The third kappa shape index (κ3) is 1.53. The Morgan fingerprint density at radius 3 is 2.80 bits per heavy atom. The molecule has 0 saturated heterocycles. The number of anilines is 1. The van der Waals surface area contributed by atoms with E-state index in [9.17, 15) is 8.42 Å². The van der Waals surface area contributed by atoms with E-state index >= 15 is 0 Å². The van der Waals surface area contributed by atoms with E-state index < -0.39 is 9.84 Å². The summed E-state index contributed by atoms with van der Waals surface area (Å²) in [5, 5.41) is 1.22. The van der Waals surface area contributed by atoms with Gasteiger partial charge in [0.2, 0.25) is 9.84 Å². The molecule has 1 aromatic rings. The maximum Gasteiger partial charge on any atom is 0.202 e. The number of fused-ring (bicyclic) bond motifs is 1. The van der Waals surface area contributed by atoms with Crippen LogP contribution >= 0.6 is 0 Å². The monoisotopic (exact) mass is 225 g/mol. The molecule has 0 fully saturated rings. The number of nitrogens with two attached hydrogens (primary N) is 1. The number of hydrogen-bond acceptors (Lipinski definition) is 4. The normalized spacial score (nSPS) is 17.3. The van der Waals surface area contributed by atoms with Crippen molar-refractivity contribution in [1.82, 2.24) is 0 Å². The highest BCUT2D eigenvalue weighted by Crippen LogP contribution is 2.36. The third-order valence-electron chi connectivity index (χ3n) is 2.27. The van der Waals surface area contributed by atoms with Crippen molar-refractivity contribution in [3.63, 3.8) is 0 Å². The Hall–Kier alpha value is -1.33. The minimum atomic E-state index is -3.37. The van der Waals surface area contributed by atoms with E-state index in [1.165, 1.54) is 12.5 Å². The molecule has 0 spiro atoms. The van der Waals surface area contributed by atoms with Gasteiger partial charge in [-0.1, -0.05) is 12.1 Å². The Labute approximate surface area is 88.3 Å². The molecule has 0 radical (unpaired) electrons. The molecule has 1 aliphatic rings. The Bertz CT molecular complexity index is 532. The fourth-order valence-corrected chi connectivity index (χ4v) is 3.29. The predicted molar refractivity (Wildman–Crippen MR) is 57.9 cm³/mol. The quantitative estimate of drug-likeness (QED) is 0.763. The van der Waals surface area contributed by atoms with Crippen LogP contribution < -0.4 is 5.73 Å². The zero-order chi connectivity index (χ0) is 11.1. The van der Waals surface area contributed by atoms with Gasteiger partial charge in [0.05, 0.1) is 12.3 Å². The molecule has 0 aliphatic carbocycles. The number of ether oxygens (including phenoxy) is 1. The zero-order valence-electron chi connectivity index (χ0n) is 8.23. The lowest BCUT2D eigenvalue weighted by atomic mass is 10.1. The molecule has 80 valence electrons. The average Bonchev–Trinajstić information content (AvgIpc) is 2.40. The van der Waals surface area contributed by atoms with Crippen LogP contribution in [0.3, 0.4) is 0 Å². The highest BCUT2D eigenvalue weighted by molar-refractivity contribution is 7.95. The molecule has 2 N–H and O–H groups in total. The first-order valence-electron chi connectivity index (χ1n) is 4.40. The fraction of sp³-hybridized carbons (Fsp3) is 0.200. The lowest BCUT2D eigenvalue weighted by molar-refractivity contribution is 0.240. The second-order valence-electron chi connectivity index (χ2n) is 3.35. The topological polar surface area (TPSA) is 69.4 Å². The van der Waals surface area contributed by atoms with Gasteiger partial charge in [0.25, 0.3) is 0 Å². The molecule has 1 heterocycles. The van der Waals surface area contributed by atoms with E-state index in [4.69, 9.17) is 10.5 Å². The van der Waals surface area contributed by atoms with Crippen molar-refractivity contribution in [2.24, 2.45) is 0 Å².